The van der Waals surface area contributed by atoms with Crippen molar-refractivity contribution in [3.8, 4) is 11.5 Å². The Labute approximate surface area is 218 Å². The van der Waals surface area contributed by atoms with Gasteiger partial charge in [0.1, 0.15) is 24.7 Å². The minimum atomic E-state index is 0.769. The maximum Gasteiger partial charge on any atom is 0.119 e. The van der Waals surface area contributed by atoms with Crippen LogP contribution in [0.1, 0.15) is 75.0 Å². The van der Waals surface area contributed by atoms with Crippen molar-refractivity contribution in [1.82, 2.24) is 9.80 Å². The van der Waals surface area contributed by atoms with E-state index in [1.54, 1.807) is 5.57 Å². The molecule has 0 spiro atoms. The molecule has 4 heteroatoms. The summed E-state index contributed by atoms with van der Waals surface area (Å²) in [7, 11) is 0. The first kappa shape index (κ1) is 25.4. The molecule has 2 aliphatic heterocycles. The number of benzene rings is 2. The van der Waals surface area contributed by atoms with Crippen LogP contribution in [0.5, 0.6) is 11.5 Å². The fourth-order valence-corrected chi connectivity index (χ4v) is 6.09. The molecule has 0 unspecified atom stereocenters. The Hall–Kier alpha value is -2.30. The Bertz CT molecular complexity index is 1000. The molecule has 0 amide bonds. The van der Waals surface area contributed by atoms with E-state index in [-0.39, 0.29) is 0 Å². The van der Waals surface area contributed by atoms with Gasteiger partial charge in [-0.05, 0) is 118 Å². The quantitative estimate of drug-likeness (QED) is 0.377. The van der Waals surface area contributed by atoms with Crippen molar-refractivity contribution < 1.29 is 9.47 Å². The number of rotatable bonds is 10. The van der Waals surface area contributed by atoms with Gasteiger partial charge in [-0.15, -0.1) is 0 Å². The van der Waals surface area contributed by atoms with Crippen molar-refractivity contribution in [2.45, 2.75) is 64.7 Å². The van der Waals surface area contributed by atoms with Crippen molar-refractivity contribution in [3.63, 3.8) is 0 Å². The van der Waals surface area contributed by atoms with E-state index in [9.17, 15) is 0 Å². The van der Waals surface area contributed by atoms with E-state index < -0.39 is 0 Å². The third kappa shape index (κ3) is 6.52. The van der Waals surface area contributed by atoms with E-state index >= 15 is 0 Å². The maximum absolute atomic E-state index is 6.19. The molecular weight excluding hydrogens is 444 g/mol. The summed E-state index contributed by atoms with van der Waals surface area (Å²) in [5.41, 5.74) is 7.06. The minimum absolute atomic E-state index is 0.769. The number of nitrogens with zero attached hydrogens (tertiary/aromatic N) is 2. The first-order valence-corrected chi connectivity index (χ1v) is 14.5. The summed E-state index contributed by atoms with van der Waals surface area (Å²) >= 11 is 0. The molecule has 2 saturated heterocycles. The summed E-state index contributed by atoms with van der Waals surface area (Å²) in [5, 5.41) is 0. The molecule has 5 rings (SSSR count). The number of ether oxygens (including phenoxy) is 2. The zero-order valence-corrected chi connectivity index (χ0v) is 22.3. The largest absolute Gasteiger partial charge is 0.492 e. The summed E-state index contributed by atoms with van der Waals surface area (Å²) in [6.45, 7) is 10.8. The van der Waals surface area contributed by atoms with Crippen LogP contribution in [0, 0.1) is 0 Å². The Morgan fingerprint density at radius 1 is 0.667 bits per heavy atom. The van der Waals surface area contributed by atoms with Crippen LogP contribution in [0.25, 0.3) is 5.57 Å². The molecule has 194 valence electrons. The first-order valence-electron chi connectivity index (χ1n) is 14.5. The molecule has 0 atom stereocenters. The normalized spacial score (nSPS) is 19.2. The van der Waals surface area contributed by atoms with Crippen LogP contribution in [0.2, 0.25) is 0 Å². The van der Waals surface area contributed by atoms with Gasteiger partial charge < -0.3 is 9.47 Å². The number of allylic oxidation sites excluding steroid dienone is 1. The fourth-order valence-electron chi connectivity index (χ4n) is 6.09. The van der Waals surface area contributed by atoms with Crippen LogP contribution < -0.4 is 9.47 Å². The van der Waals surface area contributed by atoms with E-state index in [1.807, 2.05) is 0 Å². The molecule has 2 heterocycles. The molecule has 36 heavy (non-hydrogen) atoms. The lowest BCUT2D eigenvalue weighted by atomic mass is 9.81. The smallest absolute Gasteiger partial charge is 0.119 e. The van der Waals surface area contributed by atoms with Crippen LogP contribution in [0.15, 0.2) is 48.0 Å². The lowest BCUT2D eigenvalue weighted by molar-refractivity contribution is 0.183. The van der Waals surface area contributed by atoms with Crippen LogP contribution in [0.3, 0.4) is 0 Å². The predicted octanol–water partition coefficient (Wildman–Crippen LogP) is 6.57. The number of aryl methyl sites for hydroxylation is 1. The van der Waals surface area contributed by atoms with Crippen molar-refractivity contribution in [1.29, 1.82) is 0 Å². The summed E-state index contributed by atoms with van der Waals surface area (Å²) in [6, 6.07) is 15.6. The zero-order chi connectivity index (χ0) is 24.6. The highest BCUT2D eigenvalue weighted by molar-refractivity contribution is 5.85. The van der Waals surface area contributed by atoms with Gasteiger partial charge in [0.15, 0.2) is 0 Å². The van der Waals surface area contributed by atoms with E-state index in [4.69, 9.17) is 9.47 Å². The first-order chi connectivity index (χ1) is 17.8. The molecule has 4 nitrogen and oxygen atoms in total. The van der Waals surface area contributed by atoms with Gasteiger partial charge in [0.05, 0.1) is 0 Å². The Morgan fingerprint density at radius 3 is 1.86 bits per heavy atom. The molecule has 0 aromatic heterocycles. The average molecular weight is 489 g/mol. The van der Waals surface area contributed by atoms with Crippen molar-refractivity contribution >= 4 is 5.57 Å². The second kappa shape index (κ2) is 12.8. The van der Waals surface area contributed by atoms with Gasteiger partial charge in [0, 0.05) is 13.1 Å². The summed E-state index contributed by atoms with van der Waals surface area (Å²) in [6.07, 6.45) is 11.4. The fraction of sp³-hybridized carbons (Fsp3) is 0.562. The third-order valence-electron chi connectivity index (χ3n) is 8.22. The molecule has 0 radical (unpaired) electrons. The number of fused-ring (bicyclic) bond motifs is 1. The van der Waals surface area contributed by atoms with Gasteiger partial charge in [0.25, 0.3) is 0 Å². The highest BCUT2D eigenvalue weighted by atomic mass is 16.5. The van der Waals surface area contributed by atoms with E-state index in [0.29, 0.717) is 0 Å². The Morgan fingerprint density at radius 2 is 1.25 bits per heavy atom. The van der Waals surface area contributed by atoms with Crippen LogP contribution in [-0.4, -0.2) is 62.3 Å². The highest BCUT2D eigenvalue weighted by Crippen LogP contribution is 2.39. The topological polar surface area (TPSA) is 24.9 Å². The molecule has 1 aliphatic carbocycles. The molecule has 3 aliphatic rings. The van der Waals surface area contributed by atoms with E-state index in [0.717, 1.165) is 57.1 Å². The SMILES string of the molecule is CCC1=C(c2ccc(OCCN3CCCCC3)cc2)c2ccc(OCCN3CCCCC3)cc2CC1. The molecule has 2 aromatic rings. The number of likely N-dealkylation sites (tertiary alicyclic amines) is 2. The van der Waals surface area contributed by atoms with Crippen LogP contribution >= 0.6 is 0 Å². The molecule has 2 fully saturated rings. The van der Waals surface area contributed by atoms with Crippen molar-refractivity contribution in [2.24, 2.45) is 0 Å². The summed E-state index contributed by atoms with van der Waals surface area (Å²) in [4.78, 5) is 5.07. The maximum atomic E-state index is 6.19. The van der Waals surface area contributed by atoms with Gasteiger partial charge in [-0.2, -0.15) is 0 Å². The lowest BCUT2D eigenvalue weighted by Gasteiger charge is -2.27. The van der Waals surface area contributed by atoms with Crippen LogP contribution in [-0.2, 0) is 6.42 Å². The monoisotopic (exact) mass is 488 g/mol. The van der Waals surface area contributed by atoms with E-state index in [2.05, 4.69) is 59.2 Å². The second-order valence-electron chi connectivity index (χ2n) is 10.7. The highest BCUT2D eigenvalue weighted by Gasteiger charge is 2.20. The minimum Gasteiger partial charge on any atom is -0.492 e. The number of hydrogen-bond donors (Lipinski definition) is 0. The third-order valence-corrected chi connectivity index (χ3v) is 8.22. The van der Waals surface area contributed by atoms with Crippen LogP contribution in [0.4, 0.5) is 0 Å². The van der Waals surface area contributed by atoms with Gasteiger partial charge in [-0.25, -0.2) is 0 Å². The molecular formula is C32H44N2O2. The van der Waals surface area contributed by atoms with Gasteiger partial charge in [-0.1, -0.05) is 43.5 Å². The van der Waals surface area contributed by atoms with Gasteiger partial charge >= 0.3 is 0 Å². The standard InChI is InChI=1S/C32H44N2O2/c1-2-26-9-10-28-25-30(36-24-22-34-19-7-4-8-20-34)15-16-31(28)32(26)27-11-13-29(14-12-27)35-23-21-33-17-5-3-6-18-33/h11-16,25H,2-10,17-24H2,1H3. The molecule has 0 N–H and O–H groups in total. The number of hydrogen-bond acceptors (Lipinski definition) is 4. The van der Waals surface area contributed by atoms with Crippen molar-refractivity contribution in [2.75, 3.05) is 52.5 Å². The second-order valence-corrected chi connectivity index (χ2v) is 10.7. The Kier molecular flexibility index (Phi) is 9.00. The molecule has 0 saturated carbocycles. The summed E-state index contributed by atoms with van der Waals surface area (Å²) in [5.74, 6) is 1.99. The predicted molar refractivity (Wildman–Crippen MR) is 149 cm³/mol. The van der Waals surface area contributed by atoms with E-state index in [1.165, 1.54) is 87.0 Å². The molecule has 2 aromatic carbocycles. The zero-order valence-electron chi connectivity index (χ0n) is 22.3. The summed E-state index contributed by atoms with van der Waals surface area (Å²) < 4.78 is 12.3. The van der Waals surface area contributed by atoms with Gasteiger partial charge in [0.2, 0.25) is 0 Å². The average Bonchev–Trinajstić information content (AvgIpc) is 2.94. The lowest BCUT2D eigenvalue weighted by Crippen LogP contribution is -2.33. The Balaban J connectivity index is 1.21. The van der Waals surface area contributed by atoms with Crippen molar-refractivity contribution in [3.05, 3.63) is 64.7 Å². The van der Waals surface area contributed by atoms with Gasteiger partial charge in [-0.3, -0.25) is 9.80 Å². The number of piperidine rings is 2. The molecule has 0 bridgehead atoms.